The second-order valence-corrected chi connectivity index (χ2v) is 4.47. The first-order valence-corrected chi connectivity index (χ1v) is 6.25. The van der Waals surface area contributed by atoms with Gasteiger partial charge in [0.25, 0.3) is 0 Å². The SMILES string of the molecule is Oc1ccc2cc[nH]c2c1.Oc1cccc2[nH]ccc12. The number of rotatable bonds is 0. The summed E-state index contributed by atoms with van der Waals surface area (Å²) in [4.78, 5) is 6.00. The predicted octanol–water partition coefficient (Wildman–Crippen LogP) is 3.75. The maximum absolute atomic E-state index is 9.24. The van der Waals surface area contributed by atoms with Crippen LogP contribution in [0.4, 0.5) is 0 Å². The van der Waals surface area contributed by atoms with Crippen LogP contribution in [0.5, 0.6) is 11.5 Å². The lowest BCUT2D eigenvalue weighted by Gasteiger charge is -1.91. The average molecular weight is 266 g/mol. The second-order valence-electron chi connectivity index (χ2n) is 4.47. The number of phenolic OH excluding ortho intramolecular Hbond substituents is 2. The van der Waals surface area contributed by atoms with Crippen LogP contribution in [0.15, 0.2) is 60.9 Å². The molecule has 2 aromatic heterocycles. The van der Waals surface area contributed by atoms with E-state index in [9.17, 15) is 5.11 Å². The molecule has 0 radical (unpaired) electrons. The highest BCUT2D eigenvalue weighted by molar-refractivity contribution is 5.85. The third-order valence-corrected chi connectivity index (χ3v) is 3.11. The van der Waals surface area contributed by atoms with Gasteiger partial charge in [0.2, 0.25) is 0 Å². The van der Waals surface area contributed by atoms with Gasteiger partial charge in [-0.25, -0.2) is 0 Å². The number of phenols is 2. The van der Waals surface area contributed by atoms with Crippen molar-refractivity contribution in [3.63, 3.8) is 0 Å². The number of aromatic nitrogens is 2. The molecule has 0 aliphatic rings. The van der Waals surface area contributed by atoms with E-state index in [1.165, 1.54) is 0 Å². The fourth-order valence-corrected chi connectivity index (χ4v) is 2.10. The maximum atomic E-state index is 9.24. The summed E-state index contributed by atoms with van der Waals surface area (Å²) in [6, 6.07) is 14.5. The van der Waals surface area contributed by atoms with E-state index < -0.39 is 0 Å². The fourth-order valence-electron chi connectivity index (χ4n) is 2.10. The summed E-state index contributed by atoms with van der Waals surface area (Å²) in [5.41, 5.74) is 1.94. The van der Waals surface area contributed by atoms with Crippen molar-refractivity contribution in [1.29, 1.82) is 0 Å². The highest BCUT2D eigenvalue weighted by atomic mass is 16.3. The zero-order valence-electron chi connectivity index (χ0n) is 10.7. The molecule has 0 bridgehead atoms. The van der Waals surface area contributed by atoms with E-state index in [2.05, 4.69) is 9.97 Å². The third-order valence-electron chi connectivity index (χ3n) is 3.11. The molecule has 4 heteroatoms. The molecule has 0 fully saturated rings. The van der Waals surface area contributed by atoms with Crippen LogP contribution in [-0.2, 0) is 0 Å². The predicted molar refractivity (Wildman–Crippen MR) is 79.9 cm³/mol. The summed E-state index contributed by atoms with van der Waals surface area (Å²) < 4.78 is 0. The molecule has 4 rings (SSSR count). The van der Waals surface area contributed by atoms with Crippen LogP contribution in [0.3, 0.4) is 0 Å². The van der Waals surface area contributed by atoms with Gasteiger partial charge in [0.05, 0.1) is 0 Å². The first-order chi connectivity index (χ1) is 9.74. The lowest BCUT2D eigenvalue weighted by atomic mass is 10.2. The van der Waals surface area contributed by atoms with Gasteiger partial charge in [-0.3, -0.25) is 0 Å². The fraction of sp³-hybridized carbons (Fsp3) is 0. The first kappa shape index (κ1) is 12.2. The number of hydrogen-bond donors (Lipinski definition) is 4. The molecule has 0 aliphatic heterocycles. The lowest BCUT2D eigenvalue weighted by Crippen LogP contribution is -1.66. The molecule has 2 aromatic carbocycles. The quantitative estimate of drug-likeness (QED) is 0.391. The monoisotopic (exact) mass is 266 g/mol. The van der Waals surface area contributed by atoms with Crippen molar-refractivity contribution < 1.29 is 10.2 Å². The first-order valence-electron chi connectivity index (χ1n) is 6.25. The van der Waals surface area contributed by atoms with Gasteiger partial charge in [0.1, 0.15) is 11.5 Å². The molecule has 4 N–H and O–H groups in total. The van der Waals surface area contributed by atoms with Crippen molar-refractivity contribution in [2.24, 2.45) is 0 Å². The Kier molecular flexibility index (Phi) is 3.05. The Bertz CT molecular complexity index is 845. The van der Waals surface area contributed by atoms with E-state index in [-0.39, 0.29) is 0 Å². The number of aromatic amines is 2. The summed E-state index contributed by atoms with van der Waals surface area (Å²) in [6.07, 6.45) is 3.66. The minimum atomic E-state index is 0.301. The highest BCUT2D eigenvalue weighted by Crippen LogP contribution is 2.22. The van der Waals surface area contributed by atoms with Crippen molar-refractivity contribution in [2.45, 2.75) is 0 Å². The van der Waals surface area contributed by atoms with Gasteiger partial charge in [-0.15, -0.1) is 0 Å². The zero-order valence-corrected chi connectivity index (χ0v) is 10.7. The van der Waals surface area contributed by atoms with Crippen LogP contribution in [0.2, 0.25) is 0 Å². The molecule has 0 unspecified atom stereocenters. The van der Waals surface area contributed by atoms with Crippen molar-refractivity contribution in [2.75, 3.05) is 0 Å². The van der Waals surface area contributed by atoms with Gasteiger partial charge in [0, 0.05) is 34.9 Å². The molecule has 0 amide bonds. The van der Waals surface area contributed by atoms with Crippen molar-refractivity contribution in [3.05, 3.63) is 60.9 Å². The van der Waals surface area contributed by atoms with E-state index in [4.69, 9.17) is 5.11 Å². The van der Waals surface area contributed by atoms with Gasteiger partial charge in [-0.05, 0) is 41.8 Å². The molecule has 20 heavy (non-hydrogen) atoms. The minimum Gasteiger partial charge on any atom is -0.508 e. The lowest BCUT2D eigenvalue weighted by molar-refractivity contribution is 0.476. The van der Waals surface area contributed by atoms with Gasteiger partial charge in [0.15, 0.2) is 0 Å². The van der Waals surface area contributed by atoms with E-state index >= 15 is 0 Å². The van der Waals surface area contributed by atoms with Gasteiger partial charge < -0.3 is 20.2 Å². The highest BCUT2D eigenvalue weighted by Gasteiger charge is 1.96. The Morgan fingerprint density at radius 1 is 0.750 bits per heavy atom. The van der Waals surface area contributed by atoms with Crippen molar-refractivity contribution >= 4 is 21.8 Å². The van der Waals surface area contributed by atoms with Crippen LogP contribution in [0.1, 0.15) is 0 Å². The number of benzene rings is 2. The molecule has 0 saturated carbocycles. The summed E-state index contributed by atoms with van der Waals surface area (Å²) in [6.45, 7) is 0. The molecular formula is C16H14N2O2. The molecular weight excluding hydrogens is 252 g/mol. The Morgan fingerprint density at radius 3 is 2.40 bits per heavy atom. The zero-order chi connectivity index (χ0) is 13.9. The molecule has 2 heterocycles. The molecule has 0 saturated heterocycles. The van der Waals surface area contributed by atoms with E-state index in [1.807, 2.05) is 42.7 Å². The normalized spacial score (nSPS) is 10.4. The van der Waals surface area contributed by atoms with Gasteiger partial charge in [-0.1, -0.05) is 6.07 Å². The number of aromatic hydroxyl groups is 2. The average Bonchev–Trinajstić information content (AvgIpc) is 3.07. The topological polar surface area (TPSA) is 72.0 Å². The minimum absolute atomic E-state index is 0.301. The van der Waals surface area contributed by atoms with Crippen LogP contribution >= 0.6 is 0 Å². The number of hydrogen-bond acceptors (Lipinski definition) is 2. The Morgan fingerprint density at radius 2 is 1.55 bits per heavy atom. The molecule has 4 nitrogen and oxygen atoms in total. The molecule has 0 spiro atoms. The van der Waals surface area contributed by atoms with Crippen molar-refractivity contribution in [3.8, 4) is 11.5 Å². The molecule has 100 valence electrons. The summed E-state index contributed by atoms with van der Waals surface area (Å²) in [7, 11) is 0. The summed E-state index contributed by atoms with van der Waals surface area (Å²) >= 11 is 0. The van der Waals surface area contributed by atoms with Crippen molar-refractivity contribution in [1.82, 2.24) is 9.97 Å². The standard InChI is InChI=1S/2C8H7NO/c10-7-2-1-6-3-4-9-8(6)5-7;10-8-3-1-2-7-6(8)4-5-9-7/h2*1-5,9-10H. The second kappa shape index (κ2) is 5.01. The van der Waals surface area contributed by atoms with E-state index in [0.717, 1.165) is 21.8 Å². The van der Waals surface area contributed by atoms with E-state index in [0.29, 0.717) is 11.5 Å². The molecule has 4 aromatic rings. The largest absolute Gasteiger partial charge is 0.508 e. The smallest absolute Gasteiger partial charge is 0.124 e. The molecule has 0 aliphatic carbocycles. The number of fused-ring (bicyclic) bond motifs is 2. The Hall–Kier alpha value is -2.88. The molecule has 0 atom stereocenters. The van der Waals surface area contributed by atoms with Crippen LogP contribution in [-0.4, -0.2) is 20.2 Å². The third kappa shape index (κ3) is 2.31. The number of H-pyrrole nitrogens is 2. The van der Waals surface area contributed by atoms with E-state index in [1.54, 1.807) is 18.2 Å². The summed E-state index contributed by atoms with van der Waals surface area (Å²) in [5, 5.41) is 20.3. The number of nitrogens with one attached hydrogen (secondary N) is 2. The van der Waals surface area contributed by atoms with Crippen LogP contribution < -0.4 is 0 Å². The summed E-state index contributed by atoms with van der Waals surface area (Å²) in [5.74, 6) is 0.633. The van der Waals surface area contributed by atoms with Crippen LogP contribution in [0.25, 0.3) is 21.8 Å². The maximum Gasteiger partial charge on any atom is 0.124 e. The van der Waals surface area contributed by atoms with Crippen LogP contribution in [0, 0.1) is 0 Å². The van der Waals surface area contributed by atoms with Gasteiger partial charge >= 0.3 is 0 Å². The Labute approximate surface area is 115 Å². The van der Waals surface area contributed by atoms with Gasteiger partial charge in [-0.2, -0.15) is 0 Å². The Balaban J connectivity index is 0.000000121.